The van der Waals surface area contributed by atoms with Crippen LogP contribution in [-0.4, -0.2) is 16.9 Å². The van der Waals surface area contributed by atoms with E-state index in [1.54, 1.807) is 0 Å². The molecule has 1 aliphatic rings. The summed E-state index contributed by atoms with van der Waals surface area (Å²) in [6.07, 6.45) is 9.00. The van der Waals surface area contributed by atoms with Crippen LogP contribution in [0.5, 0.6) is 0 Å². The van der Waals surface area contributed by atoms with Crippen LogP contribution < -0.4 is 0 Å². The SMILES string of the molecule is C1CCCCC1.ClCCl.O=CO. The van der Waals surface area contributed by atoms with Gasteiger partial charge in [0.05, 0.1) is 5.34 Å². The van der Waals surface area contributed by atoms with E-state index >= 15 is 0 Å². The number of hydrogen-bond acceptors (Lipinski definition) is 1. The van der Waals surface area contributed by atoms with Crippen molar-refractivity contribution in [2.45, 2.75) is 38.5 Å². The van der Waals surface area contributed by atoms with E-state index in [4.69, 9.17) is 33.1 Å². The number of halogens is 2. The molecule has 0 amide bonds. The molecule has 1 N–H and O–H groups in total. The normalized spacial score (nSPS) is 14.5. The summed E-state index contributed by atoms with van der Waals surface area (Å²) in [5.74, 6) is 0. The highest BCUT2D eigenvalue weighted by atomic mass is 35.5. The van der Waals surface area contributed by atoms with Crippen LogP contribution in [0.3, 0.4) is 0 Å². The molecule has 1 saturated carbocycles. The zero-order valence-corrected chi connectivity index (χ0v) is 8.65. The first-order chi connectivity index (χ1) is 5.83. The highest BCUT2D eigenvalue weighted by Crippen LogP contribution is 2.15. The van der Waals surface area contributed by atoms with Gasteiger partial charge in [0, 0.05) is 0 Å². The predicted molar refractivity (Wildman–Crippen MR) is 53.0 cm³/mol. The molecular formula is C8H16Cl2O2. The molecule has 74 valence electrons. The van der Waals surface area contributed by atoms with E-state index in [1.807, 2.05) is 0 Å². The van der Waals surface area contributed by atoms with Gasteiger partial charge in [-0.15, -0.1) is 23.2 Å². The molecule has 2 nitrogen and oxygen atoms in total. The monoisotopic (exact) mass is 214 g/mol. The zero-order valence-electron chi connectivity index (χ0n) is 7.14. The minimum absolute atomic E-state index is 0.194. The lowest BCUT2D eigenvalue weighted by atomic mass is 10.0. The molecule has 0 heterocycles. The number of hydrogen-bond donors (Lipinski definition) is 1. The van der Waals surface area contributed by atoms with Crippen LogP contribution in [0.4, 0.5) is 0 Å². The molecule has 4 heteroatoms. The highest BCUT2D eigenvalue weighted by Gasteiger charge is 1.95. The lowest BCUT2D eigenvalue weighted by Gasteiger charge is -2.05. The predicted octanol–water partition coefficient (Wildman–Crippen LogP) is 3.46. The molecule has 1 fully saturated rings. The molecule has 0 aromatic rings. The average Bonchev–Trinajstić information content (AvgIpc) is 2.10. The number of rotatable bonds is 0. The fraction of sp³-hybridized carbons (Fsp3) is 0.875. The second-order valence-corrected chi connectivity index (χ2v) is 3.14. The fourth-order valence-corrected chi connectivity index (χ4v) is 1.06. The largest absolute Gasteiger partial charge is 0.483 e. The summed E-state index contributed by atoms with van der Waals surface area (Å²) in [6, 6.07) is 0. The molecule has 0 bridgehead atoms. The third kappa shape index (κ3) is 22.5. The molecule has 0 radical (unpaired) electrons. The number of carbonyl (C=O) groups is 1. The Bertz CT molecular complexity index is 63.9. The first-order valence-electron chi connectivity index (χ1n) is 4.03. The van der Waals surface area contributed by atoms with Gasteiger partial charge in [0.25, 0.3) is 6.47 Å². The van der Waals surface area contributed by atoms with E-state index in [2.05, 4.69) is 0 Å². The Morgan fingerprint density at radius 3 is 1.17 bits per heavy atom. The van der Waals surface area contributed by atoms with Crippen molar-refractivity contribution in [1.82, 2.24) is 0 Å². The van der Waals surface area contributed by atoms with Crippen molar-refractivity contribution >= 4 is 29.7 Å². The molecule has 12 heavy (non-hydrogen) atoms. The van der Waals surface area contributed by atoms with Crippen LogP contribution in [0.1, 0.15) is 38.5 Å². The summed E-state index contributed by atoms with van der Waals surface area (Å²) in [6.45, 7) is -0.250. The summed E-state index contributed by atoms with van der Waals surface area (Å²) >= 11 is 9.53. The third-order valence-electron chi connectivity index (χ3n) is 1.50. The molecule has 0 atom stereocenters. The van der Waals surface area contributed by atoms with Crippen LogP contribution in [0, 0.1) is 0 Å². The first-order valence-corrected chi connectivity index (χ1v) is 5.10. The Balaban J connectivity index is 0. The van der Waals surface area contributed by atoms with E-state index in [0.717, 1.165) is 0 Å². The first kappa shape index (κ1) is 14.6. The van der Waals surface area contributed by atoms with E-state index in [1.165, 1.54) is 38.5 Å². The van der Waals surface area contributed by atoms with Crippen LogP contribution in [0.15, 0.2) is 0 Å². The molecule has 0 aromatic carbocycles. The summed E-state index contributed by atoms with van der Waals surface area (Å²) < 4.78 is 0. The quantitative estimate of drug-likeness (QED) is 0.496. The minimum Gasteiger partial charge on any atom is -0.483 e. The van der Waals surface area contributed by atoms with Gasteiger partial charge in [0.1, 0.15) is 0 Å². The van der Waals surface area contributed by atoms with Crippen molar-refractivity contribution in [1.29, 1.82) is 0 Å². The summed E-state index contributed by atoms with van der Waals surface area (Å²) in [5, 5.41) is 7.08. The topological polar surface area (TPSA) is 37.3 Å². The van der Waals surface area contributed by atoms with Gasteiger partial charge in [-0.2, -0.15) is 0 Å². The van der Waals surface area contributed by atoms with Gasteiger partial charge in [0.15, 0.2) is 0 Å². The van der Waals surface area contributed by atoms with E-state index in [-0.39, 0.29) is 11.8 Å². The molecular weight excluding hydrogens is 199 g/mol. The van der Waals surface area contributed by atoms with Crippen LogP contribution in [0.2, 0.25) is 0 Å². The smallest absolute Gasteiger partial charge is 0.290 e. The van der Waals surface area contributed by atoms with Crippen molar-refractivity contribution in [3.8, 4) is 0 Å². The lowest BCUT2D eigenvalue weighted by molar-refractivity contribution is -0.122. The van der Waals surface area contributed by atoms with Crippen molar-refractivity contribution in [3.63, 3.8) is 0 Å². The van der Waals surface area contributed by atoms with Crippen LogP contribution in [0.25, 0.3) is 0 Å². The summed E-state index contributed by atoms with van der Waals surface area (Å²) in [4.78, 5) is 8.36. The molecule has 0 unspecified atom stereocenters. The van der Waals surface area contributed by atoms with Crippen molar-refractivity contribution in [3.05, 3.63) is 0 Å². The second-order valence-electron chi connectivity index (χ2n) is 2.33. The standard InChI is InChI=1S/C6H12.CH2Cl2.CH2O2/c1-2-4-6-5-3-1;2*2-1-3/h1-6H2;1H2;1H,(H,2,3). The van der Waals surface area contributed by atoms with Crippen molar-refractivity contribution in [2.75, 3.05) is 5.34 Å². The Labute approximate surface area is 83.9 Å². The van der Waals surface area contributed by atoms with Crippen molar-refractivity contribution < 1.29 is 9.90 Å². The Morgan fingerprint density at radius 1 is 1.00 bits per heavy atom. The van der Waals surface area contributed by atoms with Gasteiger partial charge in [-0.05, 0) is 0 Å². The molecule has 0 saturated heterocycles. The van der Waals surface area contributed by atoms with Crippen LogP contribution in [-0.2, 0) is 4.79 Å². The summed E-state index contributed by atoms with van der Waals surface area (Å²) in [7, 11) is 0. The maximum Gasteiger partial charge on any atom is 0.290 e. The van der Waals surface area contributed by atoms with Gasteiger partial charge in [-0.25, -0.2) is 0 Å². The maximum absolute atomic E-state index is 8.36. The molecule has 1 aliphatic carbocycles. The Hall–Kier alpha value is 0.0500. The highest BCUT2D eigenvalue weighted by molar-refractivity contribution is 6.40. The number of carboxylic acid groups (broad SMARTS) is 1. The fourth-order valence-electron chi connectivity index (χ4n) is 1.06. The van der Waals surface area contributed by atoms with E-state index in [9.17, 15) is 0 Å². The minimum atomic E-state index is -0.250. The van der Waals surface area contributed by atoms with E-state index < -0.39 is 0 Å². The third-order valence-corrected chi connectivity index (χ3v) is 1.50. The van der Waals surface area contributed by atoms with Crippen molar-refractivity contribution in [2.24, 2.45) is 0 Å². The summed E-state index contributed by atoms with van der Waals surface area (Å²) in [5.41, 5.74) is 0. The molecule has 0 aromatic heterocycles. The molecule has 0 aliphatic heterocycles. The maximum atomic E-state index is 8.36. The van der Waals surface area contributed by atoms with Gasteiger partial charge < -0.3 is 5.11 Å². The van der Waals surface area contributed by atoms with Gasteiger partial charge in [0.2, 0.25) is 0 Å². The van der Waals surface area contributed by atoms with Crippen LogP contribution >= 0.6 is 23.2 Å². The average molecular weight is 215 g/mol. The van der Waals surface area contributed by atoms with Gasteiger partial charge in [-0.3, -0.25) is 4.79 Å². The Kier molecular flexibility index (Phi) is 20.9. The lowest BCUT2D eigenvalue weighted by Crippen LogP contribution is -1.85. The van der Waals surface area contributed by atoms with Gasteiger partial charge in [-0.1, -0.05) is 38.5 Å². The zero-order chi connectivity index (χ0) is 9.66. The number of alkyl halides is 2. The Morgan fingerprint density at radius 2 is 1.08 bits per heavy atom. The second kappa shape index (κ2) is 17.2. The van der Waals surface area contributed by atoms with E-state index in [0.29, 0.717) is 0 Å². The molecule has 1 rings (SSSR count). The molecule has 0 spiro atoms. The van der Waals surface area contributed by atoms with Gasteiger partial charge >= 0.3 is 0 Å².